The molecule has 1 aromatic heterocycles. The number of rotatable bonds is 6. The van der Waals surface area contributed by atoms with Gasteiger partial charge in [-0.3, -0.25) is 24.2 Å². The summed E-state index contributed by atoms with van der Waals surface area (Å²) in [5.74, 6) is 0.571. The van der Waals surface area contributed by atoms with Gasteiger partial charge in [0.15, 0.2) is 0 Å². The number of aromatic amines is 1. The summed E-state index contributed by atoms with van der Waals surface area (Å²) in [4.78, 5) is 50.0. The summed E-state index contributed by atoms with van der Waals surface area (Å²) in [5, 5.41) is 3.52. The lowest BCUT2D eigenvalue weighted by Crippen LogP contribution is -2.54. The van der Waals surface area contributed by atoms with Crippen molar-refractivity contribution in [1.82, 2.24) is 30.0 Å². The topological polar surface area (TPSA) is 102 Å². The molecule has 31 heavy (non-hydrogen) atoms. The van der Waals surface area contributed by atoms with Gasteiger partial charge < -0.3 is 15.2 Å². The van der Waals surface area contributed by atoms with Crippen molar-refractivity contribution in [1.29, 1.82) is 0 Å². The number of likely N-dealkylation sites (N-methyl/N-ethyl adjacent to an activating group) is 1. The molecule has 2 amide bonds. The molecule has 2 N–H and O–H groups in total. The van der Waals surface area contributed by atoms with E-state index in [0.29, 0.717) is 56.0 Å². The Hall–Kier alpha value is -2.78. The van der Waals surface area contributed by atoms with E-state index in [9.17, 15) is 14.4 Å². The van der Waals surface area contributed by atoms with Crippen molar-refractivity contribution in [3.63, 3.8) is 0 Å². The number of fused-ring (bicyclic) bond motifs is 1. The van der Waals surface area contributed by atoms with Crippen molar-refractivity contribution >= 4 is 22.7 Å². The number of amides is 2. The Morgan fingerprint density at radius 3 is 2.52 bits per heavy atom. The minimum Gasteiger partial charge on any atom is -0.350 e. The highest BCUT2D eigenvalue weighted by molar-refractivity contribution is 5.79. The number of carbonyl (C=O) groups is 2. The third kappa shape index (κ3) is 6.60. The highest BCUT2D eigenvalue weighted by atomic mass is 16.2. The summed E-state index contributed by atoms with van der Waals surface area (Å²) in [5.41, 5.74) is 0.225. The van der Waals surface area contributed by atoms with Crippen molar-refractivity contribution in [2.45, 2.75) is 32.9 Å². The van der Waals surface area contributed by atoms with E-state index in [0.717, 1.165) is 0 Å². The number of nitrogens with zero attached hydrogens (tertiary/aromatic N) is 4. The standard InChI is InChI=1S/C22H32N6O3/c1-22(2,3)25-19(29)14-27-9-11-28(12-10-27)20(30)15-26(4)13-18-23-17-8-6-5-7-16(17)21(31)24-18/h5-8H,9-15H2,1-4H3,(H,25,29)(H,23,24,31). The summed E-state index contributed by atoms with van der Waals surface area (Å²) in [6, 6.07) is 7.20. The highest BCUT2D eigenvalue weighted by Gasteiger charge is 2.24. The number of para-hydroxylation sites is 1. The summed E-state index contributed by atoms with van der Waals surface area (Å²) in [6.45, 7) is 9.38. The Morgan fingerprint density at radius 1 is 1.16 bits per heavy atom. The van der Waals surface area contributed by atoms with Gasteiger partial charge in [-0.25, -0.2) is 4.98 Å². The lowest BCUT2D eigenvalue weighted by Gasteiger charge is -2.35. The van der Waals surface area contributed by atoms with Gasteiger partial charge in [-0.1, -0.05) is 12.1 Å². The number of nitrogens with one attached hydrogen (secondary N) is 2. The lowest BCUT2D eigenvalue weighted by atomic mass is 10.1. The van der Waals surface area contributed by atoms with Crippen LogP contribution in [0.25, 0.3) is 10.9 Å². The number of H-pyrrole nitrogens is 1. The molecule has 0 radical (unpaired) electrons. The van der Waals surface area contributed by atoms with E-state index in [-0.39, 0.29) is 29.5 Å². The quantitative estimate of drug-likeness (QED) is 0.691. The van der Waals surface area contributed by atoms with Crippen LogP contribution in [0.3, 0.4) is 0 Å². The average molecular weight is 429 g/mol. The minimum atomic E-state index is -0.246. The minimum absolute atomic E-state index is 0.00360. The van der Waals surface area contributed by atoms with Crippen molar-refractivity contribution < 1.29 is 9.59 Å². The maximum absolute atomic E-state index is 12.7. The maximum Gasteiger partial charge on any atom is 0.258 e. The fourth-order valence-corrected chi connectivity index (χ4v) is 3.67. The summed E-state index contributed by atoms with van der Waals surface area (Å²) >= 11 is 0. The van der Waals surface area contributed by atoms with E-state index in [1.54, 1.807) is 18.2 Å². The molecule has 1 aliphatic heterocycles. The third-order valence-electron chi connectivity index (χ3n) is 5.09. The van der Waals surface area contributed by atoms with Crippen LogP contribution in [0.2, 0.25) is 0 Å². The molecule has 168 valence electrons. The number of carbonyl (C=O) groups excluding carboxylic acids is 2. The Labute approximate surface area is 182 Å². The second-order valence-electron chi connectivity index (χ2n) is 9.16. The largest absolute Gasteiger partial charge is 0.350 e. The molecule has 0 unspecified atom stereocenters. The fraction of sp³-hybridized carbons (Fsp3) is 0.545. The van der Waals surface area contributed by atoms with E-state index in [2.05, 4.69) is 20.2 Å². The van der Waals surface area contributed by atoms with Gasteiger partial charge in [0.25, 0.3) is 5.56 Å². The molecule has 1 fully saturated rings. The van der Waals surface area contributed by atoms with Crippen LogP contribution in [0.15, 0.2) is 29.1 Å². The normalized spacial score (nSPS) is 15.5. The smallest absolute Gasteiger partial charge is 0.258 e. The molecule has 0 spiro atoms. The summed E-state index contributed by atoms with van der Waals surface area (Å²) in [7, 11) is 1.83. The first-order valence-corrected chi connectivity index (χ1v) is 10.6. The zero-order valence-corrected chi connectivity index (χ0v) is 18.8. The van der Waals surface area contributed by atoms with E-state index < -0.39 is 0 Å². The molecule has 1 aliphatic rings. The molecule has 0 atom stereocenters. The molecule has 0 saturated carbocycles. The van der Waals surface area contributed by atoms with Crippen molar-refractivity contribution in [3.05, 3.63) is 40.4 Å². The number of hydrogen-bond acceptors (Lipinski definition) is 6. The number of aromatic nitrogens is 2. The van der Waals surface area contributed by atoms with Crippen LogP contribution in [0.4, 0.5) is 0 Å². The molecule has 1 saturated heterocycles. The molecule has 2 heterocycles. The molecule has 9 nitrogen and oxygen atoms in total. The van der Waals surface area contributed by atoms with Crippen LogP contribution >= 0.6 is 0 Å². The van der Waals surface area contributed by atoms with Crippen LogP contribution in [0, 0.1) is 0 Å². The van der Waals surface area contributed by atoms with Crippen molar-refractivity contribution in [2.24, 2.45) is 0 Å². The van der Waals surface area contributed by atoms with Gasteiger partial charge in [-0.15, -0.1) is 0 Å². The van der Waals surface area contributed by atoms with Gasteiger partial charge in [0.05, 0.1) is 30.5 Å². The summed E-state index contributed by atoms with van der Waals surface area (Å²) < 4.78 is 0. The molecule has 2 aromatic rings. The van der Waals surface area contributed by atoms with E-state index in [1.165, 1.54) is 0 Å². The second-order valence-corrected chi connectivity index (χ2v) is 9.16. The molecule has 9 heteroatoms. The van der Waals surface area contributed by atoms with Crippen LogP contribution in [0.1, 0.15) is 26.6 Å². The Bertz CT molecular complexity index is 989. The Kier molecular flexibility index (Phi) is 7.07. The van der Waals surface area contributed by atoms with Crippen molar-refractivity contribution in [2.75, 3.05) is 46.3 Å². The van der Waals surface area contributed by atoms with Crippen molar-refractivity contribution in [3.8, 4) is 0 Å². The van der Waals surface area contributed by atoms with Gasteiger partial charge in [0, 0.05) is 31.7 Å². The number of hydrogen-bond donors (Lipinski definition) is 2. The van der Waals surface area contributed by atoms with Gasteiger partial charge in [-0.05, 0) is 40.0 Å². The first kappa shape index (κ1) is 22.9. The molecule has 3 rings (SSSR count). The van der Waals surface area contributed by atoms with E-state index in [1.807, 2.05) is 43.7 Å². The first-order valence-electron chi connectivity index (χ1n) is 10.6. The van der Waals surface area contributed by atoms with Crippen LogP contribution in [0.5, 0.6) is 0 Å². The van der Waals surface area contributed by atoms with Gasteiger partial charge in [-0.2, -0.15) is 0 Å². The predicted octanol–water partition coefficient (Wildman–Crippen LogP) is 0.414. The Balaban J connectivity index is 1.48. The number of piperazine rings is 1. The number of benzene rings is 1. The van der Waals surface area contributed by atoms with E-state index >= 15 is 0 Å². The SMILES string of the molecule is CN(CC(=O)N1CCN(CC(=O)NC(C)(C)C)CC1)Cc1nc2ccccc2c(=O)[nH]1. The van der Waals surface area contributed by atoms with Crippen LogP contribution < -0.4 is 10.9 Å². The van der Waals surface area contributed by atoms with Gasteiger partial charge >= 0.3 is 0 Å². The molecule has 1 aromatic carbocycles. The second kappa shape index (κ2) is 9.57. The molecular weight excluding hydrogens is 396 g/mol. The monoisotopic (exact) mass is 428 g/mol. The predicted molar refractivity (Wildman–Crippen MR) is 120 cm³/mol. The highest BCUT2D eigenvalue weighted by Crippen LogP contribution is 2.08. The summed E-state index contributed by atoms with van der Waals surface area (Å²) in [6.07, 6.45) is 0. The lowest BCUT2D eigenvalue weighted by molar-refractivity contribution is -0.134. The fourth-order valence-electron chi connectivity index (χ4n) is 3.67. The zero-order valence-electron chi connectivity index (χ0n) is 18.8. The molecular formula is C22H32N6O3. The molecule has 0 bridgehead atoms. The maximum atomic E-state index is 12.7. The molecule has 0 aliphatic carbocycles. The Morgan fingerprint density at radius 2 is 1.84 bits per heavy atom. The van der Waals surface area contributed by atoms with E-state index in [4.69, 9.17) is 0 Å². The third-order valence-corrected chi connectivity index (χ3v) is 5.09. The van der Waals surface area contributed by atoms with Crippen LogP contribution in [-0.2, 0) is 16.1 Å². The average Bonchev–Trinajstić information content (AvgIpc) is 2.67. The van der Waals surface area contributed by atoms with Gasteiger partial charge in [0.1, 0.15) is 5.82 Å². The van der Waals surface area contributed by atoms with Crippen LogP contribution in [-0.4, -0.2) is 88.3 Å². The van der Waals surface area contributed by atoms with Gasteiger partial charge in [0.2, 0.25) is 11.8 Å². The first-order chi connectivity index (χ1) is 14.6. The zero-order chi connectivity index (χ0) is 22.6.